The molecule has 5 nitrogen and oxygen atoms in total. The second-order valence-corrected chi connectivity index (χ2v) is 7.83. The number of carbonyl (C=O) groups is 1. The number of hydrogen-bond donors (Lipinski definition) is 0. The number of rotatable bonds is 7. The number of para-hydroxylation sites is 1. The summed E-state index contributed by atoms with van der Waals surface area (Å²) in [6.45, 7) is 2.10. The molecule has 4 rings (SSSR count). The maximum Gasteiger partial charge on any atom is 0.227 e. The highest BCUT2D eigenvalue weighted by molar-refractivity contribution is 7.09. The molecule has 1 amide bonds. The van der Waals surface area contributed by atoms with Crippen molar-refractivity contribution in [2.45, 2.75) is 31.9 Å². The van der Waals surface area contributed by atoms with E-state index in [0.717, 1.165) is 30.7 Å². The Hall–Kier alpha value is -2.44. The van der Waals surface area contributed by atoms with E-state index in [1.54, 1.807) is 17.5 Å². The average Bonchev–Trinajstić information content (AvgIpc) is 3.45. The lowest BCUT2D eigenvalue weighted by Crippen LogP contribution is -2.37. The number of ether oxygens (including phenoxy) is 1. The minimum atomic E-state index is 0.117. The van der Waals surface area contributed by atoms with E-state index in [1.807, 2.05) is 57.6 Å². The molecule has 3 aromatic rings. The molecule has 1 aliphatic heterocycles. The summed E-state index contributed by atoms with van der Waals surface area (Å²) in [5.41, 5.74) is 1.92. The van der Waals surface area contributed by atoms with Crippen LogP contribution in [0.25, 0.3) is 5.69 Å². The molecule has 140 valence electrons. The zero-order valence-corrected chi connectivity index (χ0v) is 16.0. The number of nitrogens with zero attached hydrogens (tertiary/aromatic N) is 3. The Morgan fingerprint density at radius 1 is 1.26 bits per heavy atom. The Labute approximate surface area is 163 Å². The summed E-state index contributed by atoms with van der Waals surface area (Å²) in [7, 11) is 0. The first-order valence-corrected chi connectivity index (χ1v) is 10.2. The predicted octanol–water partition coefficient (Wildman–Crippen LogP) is 3.68. The van der Waals surface area contributed by atoms with Crippen molar-refractivity contribution in [2.75, 3.05) is 13.2 Å². The van der Waals surface area contributed by atoms with Crippen LogP contribution in [0, 0.1) is 0 Å². The van der Waals surface area contributed by atoms with E-state index in [2.05, 4.69) is 11.2 Å². The van der Waals surface area contributed by atoms with Crippen LogP contribution in [0.15, 0.2) is 60.2 Å². The van der Waals surface area contributed by atoms with Crippen LogP contribution in [-0.4, -0.2) is 39.8 Å². The quantitative estimate of drug-likeness (QED) is 0.627. The topological polar surface area (TPSA) is 47.4 Å². The lowest BCUT2D eigenvalue weighted by molar-refractivity contribution is -0.132. The van der Waals surface area contributed by atoms with Gasteiger partial charge in [-0.3, -0.25) is 4.79 Å². The molecule has 1 saturated heterocycles. The molecule has 0 spiro atoms. The lowest BCUT2D eigenvalue weighted by atomic mass is 10.2. The number of carbonyl (C=O) groups excluding carboxylic acids is 1. The molecule has 0 bridgehead atoms. The van der Waals surface area contributed by atoms with Crippen molar-refractivity contribution in [3.8, 4) is 5.69 Å². The van der Waals surface area contributed by atoms with E-state index in [1.165, 1.54) is 4.88 Å². The van der Waals surface area contributed by atoms with Crippen LogP contribution < -0.4 is 0 Å². The summed E-state index contributed by atoms with van der Waals surface area (Å²) >= 11 is 1.68. The fraction of sp³-hybridized carbons (Fsp3) is 0.333. The maximum atomic E-state index is 13.0. The molecule has 1 atom stereocenters. The van der Waals surface area contributed by atoms with Crippen molar-refractivity contribution in [1.29, 1.82) is 0 Å². The number of hydrogen-bond acceptors (Lipinski definition) is 4. The molecule has 0 radical (unpaired) electrons. The Morgan fingerprint density at radius 2 is 2.15 bits per heavy atom. The van der Waals surface area contributed by atoms with Gasteiger partial charge in [0.2, 0.25) is 5.91 Å². The van der Waals surface area contributed by atoms with E-state index in [-0.39, 0.29) is 12.0 Å². The van der Waals surface area contributed by atoms with Gasteiger partial charge in [-0.2, -0.15) is 5.10 Å². The van der Waals surface area contributed by atoms with Gasteiger partial charge in [0.25, 0.3) is 0 Å². The zero-order chi connectivity index (χ0) is 18.5. The molecule has 1 aromatic carbocycles. The van der Waals surface area contributed by atoms with E-state index in [0.29, 0.717) is 19.5 Å². The third-order valence-corrected chi connectivity index (χ3v) is 5.60. The minimum absolute atomic E-state index is 0.117. The van der Waals surface area contributed by atoms with Gasteiger partial charge in [0.05, 0.1) is 31.0 Å². The molecule has 0 aliphatic carbocycles. The van der Waals surface area contributed by atoms with Crippen LogP contribution in [0.1, 0.15) is 23.3 Å². The molecule has 1 fully saturated rings. The van der Waals surface area contributed by atoms with Gasteiger partial charge in [0.1, 0.15) is 0 Å². The molecule has 27 heavy (non-hydrogen) atoms. The second kappa shape index (κ2) is 8.50. The molecule has 1 unspecified atom stereocenters. The third kappa shape index (κ3) is 4.64. The van der Waals surface area contributed by atoms with Crippen LogP contribution in [0.3, 0.4) is 0 Å². The molecule has 1 aliphatic rings. The van der Waals surface area contributed by atoms with Crippen LogP contribution >= 0.6 is 11.3 Å². The Morgan fingerprint density at radius 3 is 2.89 bits per heavy atom. The fourth-order valence-electron chi connectivity index (χ4n) is 3.34. The summed E-state index contributed by atoms with van der Waals surface area (Å²) in [4.78, 5) is 16.1. The smallest absolute Gasteiger partial charge is 0.227 e. The lowest BCUT2D eigenvalue weighted by Gasteiger charge is -2.25. The van der Waals surface area contributed by atoms with Crippen LogP contribution in [-0.2, 0) is 22.5 Å². The average molecular weight is 382 g/mol. The first-order valence-electron chi connectivity index (χ1n) is 9.28. The van der Waals surface area contributed by atoms with Gasteiger partial charge >= 0.3 is 0 Å². The fourth-order valence-corrected chi connectivity index (χ4v) is 4.06. The SMILES string of the molecule is O=C(Cc1cnn(-c2ccccc2)c1)N(Cc1cccs1)CC1CCCO1. The van der Waals surface area contributed by atoms with Gasteiger partial charge in [0.15, 0.2) is 0 Å². The monoisotopic (exact) mass is 381 g/mol. The van der Waals surface area contributed by atoms with Gasteiger partial charge in [-0.25, -0.2) is 4.68 Å². The second-order valence-electron chi connectivity index (χ2n) is 6.79. The molecule has 2 aromatic heterocycles. The van der Waals surface area contributed by atoms with E-state index < -0.39 is 0 Å². The third-order valence-electron chi connectivity index (χ3n) is 4.74. The standard InChI is InChI=1S/C21H23N3O2S/c25-21(12-17-13-22-24(14-17)18-6-2-1-3-7-18)23(15-19-8-4-10-26-19)16-20-9-5-11-27-20/h1-3,5-7,9,11,13-14,19H,4,8,10,12,15-16H2. The number of thiophene rings is 1. The highest BCUT2D eigenvalue weighted by Gasteiger charge is 2.23. The summed E-state index contributed by atoms with van der Waals surface area (Å²) < 4.78 is 7.57. The van der Waals surface area contributed by atoms with Crippen LogP contribution in [0.4, 0.5) is 0 Å². The molecule has 0 N–H and O–H groups in total. The Balaban J connectivity index is 1.45. The van der Waals surface area contributed by atoms with Gasteiger partial charge in [-0.15, -0.1) is 11.3 Å². The van der Waals surface area contributed by atoms with E-state index >= 15 is 0 Å². The maximum absolute atomic E-state index is 13.0. The molecule has 0 saturated carbocycles. The Kier molecular flexibility index (Phi) is 5.65. The highest BCUT2D eigenvalue weighted by atomic mass is 32.1. The summed E-state index contributed by atoms with van der Waals surface area (Å²) in [5.74, 6) is 0.117. The van der Waals surface area contributed by atoms with Crippen LogP contribution in [0.2, 0.25) is 0 Å². The molecular formula is C21H23N3O2S. The first-order chi connectivity index (χ1) is 13.3. The molecule has 3 heterocycles. The number of aromatic nitrogens is 2. The van der Waals surface area contributed by atoms with Crippen molar-refractivity contribution in [2.24, 2.45) is 0 Å². The van der Waals surface area contributed by atoms with Crippen molar-refractivity contribution < 1.29 is 9.53 Å². The van der Waals surface area contributed by atoms with E-state index in [4.69, 9.17) is 4.74 Å². The normalized spacial score (nSPS) is 16.5. The zero-order valence-electron chi connectivity index (χ0n) is 15.2. The highest BCUT2D eigenvalue weighted by Crippen LogP contribution is 2.18. The predicted molar refractivity (Wildman–Crippen MR) is 106 cm³/mol. The summed E-state index contributed by atoms with van der Waals surface area (Å²) in [6, 6.07) is 14.0. The molecule has 6 heteroatoms. The van der Waals surface area contributed by atoms with Gasteiger partial charge in [-0.05, 0) is 42.0 Å². The van der Waals surface area contributed by atoms with Crippen molar-refractivity contribution in [3.05, 3.63) is 70.7 Å². The number of benzene rings is 1. The Bertz CT molecular complexity index is 855. The van der Waals surface area contributed by atoms with E-state index in [9.17, 15) is 4.79 Å². The first kappa shape index (κ1) is 17.9. The van der Waals surface area contributed by atoms with Crippen LogP contribution in [0.5, 0.6) is 0 Å². The van der Waals surface area contributed by atoms with Gasteiger partial charge in [-0.1, -0.05) is 24.3 Å². The largest absolute Gasteiger partial charge is 0.376 e. The van der Waals surface area contributed by atoms with Crippen molar-refractivity contribution in [3.63, 3.8) is 0 Å². The van der Waals surface area contributed by atoms with Gasteiger partial charge < -0.3 is 9.64 Å². The molecular weight excluding hydrogens is 358 g/mol. The van der Waals surface area contributed by atoms with Crippen molar-refractivity contribution >= 4 is 17.2 Å². The summed E-state index contributed by atoms with van der Waals surface area (Å²) in [6.07, 6.45) is 6.32. The van der Waals surface area contributed by atoms with Crippen molar-refractivity contribution in [1.82, 2.24) is 14.7 Å². The summed E-state index contributed by atoms with van der Waals surface area (Å²) in [5, 5.41) is 6.45. The van der Waals surface area contributed by atoms with Gasteiger partial charge in [0, 0.05) is 24.2 Å². The minimum Gasteiger partial charge on any atom is -0.376 e. The number of amides is 1.